The summed E-state index contributed by atoms with van der Waals surface area (Å²) in [7, 11) is 0. The van der Waals surface area contributed by atoms with Gasteiger partial charge in [0.2, 0.25) is 0 Å². The molecule has 0 bridgehead atoms. The lowest BCUT2D eigenvalue weighted by Gasteiger charge is -2.09. The number of nitrogens with one attached hydrogen (secondary N) is 1. The van der Waals surface area contributed by atoms with Crippen LogP contribution in [0.2, 0.25) is 0 Å². The van der Waals surface area contributed by atoms with Crippen LogP contribution in [-0.2, 0) is 0 Å². The zero-order valence-electron chi connectivity index (χ0n) is 9.48. The summed E-state index contributed by atoms with van der Waals surface area (Å²) in [5, 5.41) is 6.75. The van der Waals surface area contributed by atoms with Crippen molar-refractivity contribution in [2.75, 3.05) is 11.1 Å². The average Bonchev–Trinajstić information content (AvgIpc) is 2.80. The number of fused-ring (bicyclic) bond motifs is 1. The second kappa shape index (κ2) is 4.63. The molecule has 0 radical (unpaired) electrons. The number of nitrogen functional groups attached to an aromatic ring is 1. The van der Waals surface area contributed by atoms with Crippen molar-refractivity contribution < 1.29 is 0 Å². The normalized spacial score (nSPS) is 10.7. The second-order valence-corrected chi connectivity index (χ2v) is 5.84. The van der Waals surface area contributed by atoms with Gasteiger partial charge in [0.15, 0.2) is 0 Å². The highest BCUT2D eigenvalue weighted by atomic mass is 79.9. The molecule has 1 heterocycles. The number of nitrogens with two attached hydrogens (primary N) is 1. The minimum Gasteiger partial charge on any atom is -0.399 e. The average molecular weight is 319 g/mol. The van der Waals surface area contributed by atoms with E-state index in [0.29, 0.717) is 0 Å². The Bertz CT molecular complexity index is 706. The molecule has 0 amide bonds. The summed E-state index contributed by atoms with van der Waals surface area (Å²) in [5.41, 5.74) is 8.56. The fraction of sp³-hybridized carbons (Fsp3) is 0. The molecular formula is C14H11BrN2S. The monoisotopic (exact) mass is 318 g/mol. The minimum absolute atomic E-state index is 0.751. The van der Waals surface area contributed by atoms with E-state index in [-0.39, 0.29) is 0 Å². The van der Waals surface area contributed by atoms with E-state index in [1.807, 2.05) is 18.2 Å². The van der Waals surface area contributed by atoms with Crippen LogP contribution in [0.5, 0.6) is 0 Å². The van der Waals surface area contributed by atoms with Gasteiger partial charge in [-0.3, -0.25) is 0 Å². The molecule has 0 atom stereocenters. The van der Waals surface area contributed by atoms with E-state index in [2.05, 4.69) is 50.9 Å². The molecule has 0 unspecified atom stereocenters. The number of hydrogen-bond acceptors (Lipinski definition) is 3. The van der Waals surface area contributed by atoms with Gasteiger partial charge in [-0.05, 0) is 69.2 Å². The van der Waals surface area contributed by atoms with Gasteiger partial charge >= 0.3 is 0 Å². The van der Waals surface area contributed by atoms with E-state index in [4.69, 9.17) is 5.73 Å². The lowest BCUT2D eigenvalue weighted by atomic mass is 10.2. The Morgan fingerprint density at radius 2 is 1.94 bits per heavy atom. The van der Waals surface area contributed by atoms with Gasteiger partial charge < -0.3 is 11.1 Å². The summed E-state index contributed by atoms with van der Waals surface area (Å²) in [6.07, 6.45) is 0. The van der Waals surface area contributed by atoms with Gasteiger partial charge in [0.05, 0.1) is 5.69 Å². The molecule has 0 spiro atoms. The van der Waals surface area contributed by atoms with E-state index >= 15 is 0 Å². The van der Waals surface area contributed by atoms with Crippen LogP contribution in [0.1, 0.15) is 0 Å². The van der Waals surface area contributed by atoms with Gasteiger partial charge in [-0.2, -0.15) is 0 Å². The molecule has 0 saturated heterocycles. The van der Waals surface area contributed by atoms with Crippen molar-refractivity contribution in [1.82, 2.24) is 0 Å². The molecule has 18 heavy (non-hydrogen) atoms. The first-order valence-corrected chi connectivity index (χ1v) is 7.19. The maximum atomic E-state index is 5.72. The smallest absolute Gasteiger partial charge is 0.0530 e. The molecule has 0 aliphatic heterocycles. The number of hydrogen-bond donors (Lipinski definition) is 2. The Kier molecular flexibility index (Phi) is 2.97. The lowest BCUT2D eigenvalue weighted by Crippen LogP contribution is -1.92. The molecule has 0 saturated carbocycles. The van der Waals surface area contributed by atoms with Gasteiger partial charge in [0, 0.05) is 20.5 Å². The third-order valence-electron chi connectivity index (χ3n) is 2.72. The van der Waals surface area contributed by atoms with Crippen LogP contribution in [0.25, 0.3) is 10.1 Å². The lowest BCUT2D eigenvalue weighted by molar-refractivity contribution is 1.54. The van der Waals surface area contributed by atoms with E-state index in [9.17, 15) is 0 Å². The van der Waals surface area contributed by atoms with Crippen molar-refractivity contribution in [3.63, 3.8) is 0 Å². The highest BCUT2D eigenvalue weighted by Crippen LogP contribution is 2.30. The fourth-order valence-corrected chi connectivity index (χ4v) is 3.10. The van der Waals surface area contributed by atoms with Gasteiger partial charge in [-0.25, -0.2) is 0 Å². The number of thiophene rings is 1. The zero-order chi connectivity index (χ0) is 12.5. The van der Waals surface area contributed by atoms with E-state index in [1.54, 1.807) is 11.3 Å². The standard InChI is InChI=1S/C14H11BrN2S/c15-12-8-10(16)1-3-13(12)17-11-2-4-14-9(7-11)5-6-18-14/h1-8,17H,16H2. The summed E-state index contributed by atoms with van der Waals surface area (Å²) in [4.78, 5) is 0. The van der Waals surface area contributed by atoms with Gasteiger partial charge in [0.25, 0.3) is 0 Å². The Morgan fingerprint density at radius 3 is 2.78 bits per heavy atom. The first kappa shape index (κ1) is 11.6. The largest absolute Gasteiger partial charge is 0.399 e. The summed E-state index contributed by atoms with van der Waals surface area (Å²) in [5.74, 6) is 0. The van der Waals surface area contributed by atoms with Crippen LogP contribution in [0.15, 0.2) is 52.3 Å². The third kappa shape index (κ3) is 2.21. The molecule has 2 aromatic carbocycles. The van der Waals surface area contributed by atoms with Crippen molar-refractivity contribution in [2.24, 2.45) is 0 Å². The van der Waals surface area contributed by atoms with Crippen molar-refractivity contribution >= 4 is 54.4 Å². The first-order chi connectivity index (χ1) is 8.72. The molecule has 0 aliphatic carbocycles. The van der Waals surface area contributed by atoms with E-state index in [1.165, 1.54) is 10.1 Å². The zero-order valence-corrected chi connectivity index (χ0v) is 11.9. The number of rotatable bonds is 2. The summed E-state index contributed by atoms with van der Waals surface area (Å²) >= 11 is 5.26. The van der Waals surface area contributed by atoms with Gasteiger partial charge in [0.1, 0.15) is 0 Å². The van der Waals surface area contributed by atoms with Crippen LogP contribution >= 0.6 is 27.3 Å². The van der Waals surface area contributed by atoms with Gasteiger partial charge in [-0.15, -0.1) is 11.3 Å². The van der Waals surface area contributed by atoms with Gasteiger partial charge in [-0.1, -0.05) is 0 Å². The molecule has 3 rings (SSSR count). The van der Waals surface area contributed by atoms with Crippen LogP contribution in [0.3, 0.4) is 0 Å². The van der Waals surface area contributed by atoms with Crippen molar-refractivity contribution in [3.05, 3.63) is 52.3 Å². The Morgan fingerprint density at radius 1 is 1.06 bits per heavy atom. The highest BCUT2D eigenvalue weighted by Gasteiger charge is 2.02. The summed E-state index contributed by atoms with van der Waals surface area (Å²) in [6, 6.07) is 14.2. The van der Waals surface area contributed by atoms with Crippen molar-refractivity contribution in [3.8, 4) is 0 Å². The molecule has 0 aliphatic rings. The van der Waals surface area contributed by atoms with Crippen LogP contribution in [-0.4, -0.2) is 0 Å². The fourth-order valence-electron chi connectivity index (χ4n) is 1.83. The predicted octanol–water partition coefficient (Wildman–Crippen LogP) is 4.99. The van der Waals surface area contributed by atoms with E-state index in [0.717, 1.165) is 21.5 Å². The molecular weight excluding hydrogens is 308 g/mol. The van der Waals surface area contributed by atoms with Crippen molar-refractivity contribution in [1.29, 1.82) is 0 Å². The topological polar surface area (TPSA) is 38.0 Å². The maximum absolute atomic E-state index is 5.72. The Labute approximate surface area is 118 Å². The Hall–Kier alpha value is -1.52. The molecule has 1 aromatic heterocycles. The minimum atomic E-state index is 0.751. The van der Waals surface area contributed by atoms with E-state index < -0.39 is 0 Å². The highest BCUT2D eigenvalue weighted by molar-refractivity contribution is 9.10. The predicted molar refractivity (Wildman–Crippen MR) is 83.7 cm³/mol. The molecule has 3 aromatic rings. The first-order valence-electron chi connectivity index (χ1n) is 5.52. The van der Waals surface area contributed by atoms with Crippen molar-refractivity contribution in [2.45, 2.75) is 0 Å². The van der Waals surface area contributed by atoms with Crippen LogP contribution in [0, 0.1) is 0 Å². The molecule has 90 valence electrons. The number of benzene rings is 2. The quantitative estimate of drug-likeness (QED) is 0.653. The number of anilines is 3. The molecule has 4 heteroatoms. The molecule has 3 N–H and O–H groups in total. The maximum Gasteiger partial charge on any atom is 0.0530 e. The number of halogens is 1. The summed E-state index contributed by atoms with van der Waals surface area (Å²) in [6.45, 7) is 0. The van der Waals surface area contributed by atoms with Crippen LogP contribution < -0.4 is 11.1 Å². The third-order valence-corrected chi connectivity index (χ3v) is 4.28. The Balaban J connectivity index is 1.95. The molecule has 2 nitrogen and oxygen atoms in total. The SMILES string of the molecule is Nc1ccc(Nc2ccc3sccc3c2)c(Br)c1. The summed E-state index contributed by atoms with van der Waals surface area (Å²) < 4.78 is 2.27. The second-order valence-electron chi connectivity index (χ2n) is 4.04. The van der Waals surface area contributed by atoms with Crippen LogP contribution in [0.4, 0.5) is 17.1 Å². The molecule has 0 fully saturated rings.